The topological polar surface area (TPSA) is 50.9 Å². The van der Waals surface area contributed by atoms with E-state index in [0.29, 0.717) is 6.54 Å². The van der Waals surface area contributed by atoms with Gasteiger partial charge in [-0.1, -0.05) is 30.3 Å². The van der Waals surface area contributed by atoms with Crippen molar-refractivity contribution < 1.29 is 0 Å². The Morgan fingerprint density at radius 3 is 2.56 bits per heavy atom. The third-order valence-electron chi connectivity index (χ3n) is 2.53. The lowest BCUT2D eigenvalue weighted by molar-refractivity contribution is 1.05. The first-order chi connectivity index (χ1) is 7.85. The van der Waals surface area contributed by atoms with Crippen molar-refractivity contribution in [3.63, 3.8) is 0 Å². The molecule has 2 aromatic rings. The fraction of sp³-hybridized carbons (Fsp3) is 0.154. The molecule has 16 heavy (non-hydrogen) atoms. The average molecular weight is 213 g/mol. The number of rotatable bonds is 3. The second kappa shape index (κ2) is 4.77. The van der Waals surface area contributed by atoms with E-state index in [1.807, 2.05) is 31.4 Å². The maximum atomic E-state index is 5.69. The molecule has 0 spiro atoms. The molecule has 0 amide bonds. The molecule has 0 saturated heterocycles. The first kappa shape index (κ1) is 10.6. The van der Waals surface area contributed by atoms with Gasteiger partial charge in [-0.2, -0.15) is 0 Å². The third-order valence-corrected chi connectivity index (χ3v) is 2.53. The van der Waals surface area contributed by atoms with Gasteiger partial charge in [-0.25, -0.2) is 4.98 Å². The molecule has 3 N–H and O–H groups in total. The van der Waals surface area contributed by atoms with E-state index < -0.39 is 0 Å². The lowest BCUT2D eigenvalue weighted by Gasteiger charge is -2.08. The zero-order valence-electron chi connectivity index (χ0n) is 9.27. The van der Waals surface area contributed by atoms with Crippen molar-refractivity contribution in [2.75, 3.05) is 12.4 Å². The molecule has 0 atom stereocenters. The molecular formula is C13H15N3. The van der Waals surface area contributed by atoms with Crippen LogP contribution in [0.4, 0.5) is 5.82 Å². The van der Waals surface area contributed by atoms with Gasteiger partial charge >= 0.3 is 0 Å². The van der Waals surface area contributed by atoms with Crippen LogP contribution in [0.5, 0.6) is 0 Å². The summed E-state index contributed by atoms with van der Waals surface area (Å²) in [6.07, 6.45) is 1.86. The predicted octanol–water partition coefficient (Wildman–Crippen LogP) is 2.25. The van der Waals surface area contributed by atoms with Crippen LogP contribution in [0.1, 0.15) is 5.56 Å². The van der Waals surface area contributed by atoms with Crippen LogP contribution in [0.25, 0.3) is 11.1 Å². The highest BCUT2D eigenvalue weighted by atomic mass is 15.0. The zero-order chi connectivity index (χ0) is 11.4. The Hall–Kier alpha value is -1.87. The zero-order valence-corrected chi connectivity index (χ0v) is 9.27. The number of hydrogen-bond acceptors (Lipinski definition) is 3. The molecule has 0 aliphatic rings. The SMILES string of the molecule is CNc1ncc(-c2ccccc2)cc1CN. The van der Waals surface area contributed by atoms with E-state index in [9.17, 15) is 0 Å². The summed E-state index contributed by atoms with van der Waals surface area (Å²) in [6.45, 7) is 0.490. The van der Waals surface area contributed by atoms with Crippen LogP contribution in [-0.4, -0.2) is 12.0 Å². The maximum absolute atomic E-state index is 5.69. The lowest BCUT2D eigenvalue weighted by Crippen LogP contribution is -2.04. The summed E-state index contributed by atoms with van der Waals surface area (Å²) >= 11 is 0. The second-order valence-corrected chi connectivity index (χ2v) is 3.55. The summed E-state index contributed by atoms with van der Waals surface area (Å²) in [5, 5.41) is 3.03. The fourth-order valence-corrected chi connectivity index (χ4v) is 1.68. The van der Waals surface area contributed by atoms with Gasteiger partial charge in [-0.3, -0.25) is 0 Å². The highest BCUT2D eigenvalue weighted by molar-refractivity contribution is 5.65. The predicted molar refractivity (Wildman–Crippen MR) is 67.1 cm³/mol. The van der Waals surface area contributed by atoms with Crippen LogP contribution >= 0.6 is 0 Å². The van der Waals surface area contributed by atoms with E-state index in [2.05, 4.69) is 28.5 Å². The second-order valence-electron chi connectivity index (χ2n) is 3.55. The Morgan fingerprint density at radius 1 is 1.19 bits per heavy atom. The van der Waals surface area contributed by atoms with Gasteiger partial charge in [0.15, 0.2) is 0 Å². The molecule has 0 saturated carbocycles. The van der Waals surface area contributed by atoms with Crippen molar-refractivity contribution in [3.05, 3.63) is 48.2 Å². The molecule has 1 heterocycles. The molecule has 3 nitrogen and oxygen atoms in total. The minimum atomic E-state index is 0.490. The number of nitrogens with one attached hydrogen (secondary N) is 1. The van der Waals surface area contributed by atoms with Gasteiger partial charge < -0.3 is 11.1 Å². The number of anilines is 1. The highest BCUT2D eigenvalue weighted by Gasteiger charge is 2.03. The molecule has 0 unspecified atom stereocenters. The molecule has 0 bridgehead atoms. The van der Waals surface area contributed by atoms with Crippen LogP contribution in [-0.2, 0) is 6.54 Å². The Bertz CT molecular complexity index is 466. The van der Waals surface area contributed by atoms with Crippen LogP contribution in [0.15, 0.2) is 42.6 Å². The smallest absolute Gasteiger partial charge is 0.130 e. The van der Waals surface area contributed by atoms with E-state index in [1.54, 1.807) is 0 Å². The first-order valence-electron chi connectivity index (χ1n) is 5.27. The molecule has 0 fully saturated rings. The number of nitrogens with zero attached hydrogens (tertiary/aromatic N) is 1. The van der Waals surface area contributed by atoms with Gasteiger partial charge in [0.05, 0.1) is 0 Å². The van der Waals surface area contributed by atoms with Crippen LogP contribution < -0.4 is 11.1 Å². The Morgan fingerprint density at radius 2 is 1.94 bits per heavy atom. The van der Waals surface area contributed by atoms with E-state index in [4.69, 9.17) is 5.73 Å². The summed E-state index contributed by atoms with van der Waals surface area (Å²) < 4.78 is 0. The summed E-state index contributed by atoms with van der Waals surface area (Å²) in [4.78, 5) is 4.35. The summed E-state index contributed by atoms with van der Waals surface area (Å²) in [6, 6.07) is 12.2. The quantitative estimate of drug-likeness (QED) is 0.822. The van der Waals surface area contributed by atoms with Crippen molar-refractivity contribution in [1.82, 2.24) is 4.98 Å². The number of hydrogen-bond donors (Lipinski definition) is 2. The van der Waals surface area contributed by atoms with Gasteiger partial charge in [0.2, 0.25) is 0 Å². The molecule has 2 rings (SSSR count). The third kappa shape index (κ3) is 2.04. The average Bonchev–Trinajstić information content (AvgIpc) is 2.39. The van der Waals surface area contributed by atoms with Gasteiger partial charge in [0, 0.05) is 30.9 Å². The number of benzene rings is 1. The number of aromatic nitrogens is 1. The molecule has 3 heteroatoms. The lowest BCUT2D eigenvalue weighted by atomic mass is 10.1. The fourth-order valence-electron chi connectivity index (χ4n) is 1.68. The van der Waals surface area contributed by atoms with E-state index in [0.717, 1.165) is 22.5 Å². The molecule has 82 valence electrons. The van der Waals surface area contributed by atoms with Crippen molar-refractivity contribution in [3.8, 4) is 11.1 Å². The number of pyridine rings is 1. The van der Waals surface area contributed by atoms with Crippen molar-refractivity contribution in [1.29, 1.82) is 0 Å². The minimum Gasteiger partial charge on any atom is -0.373 e. The van der Waals surface area contributed by atoms with Gasteiger partial charge in [-0.05, 0) is 11.6 Å². The summed E-state index contributed by atoms with van der Waals surface area (Å²) in [7, 11) is 1.85. The Labute approximate surface area is 95.3 Å². The first-order valence-corrected chi connectivity index (χ1v) is 5.27. The van der Waals surface area contributed by atoms with Crippen molar-refractivity contribution in [2.45, 2.75) is 6.54 Å². The van der Waals surface area contributed by atoms with Crippen LogP contribution in [0.2, 0.25) is 0 Å². The minimum absolute atomic E-state index is 0.490. The summed E-state index contributed by atoms with van der Waals surface area (Å²) in [5.74, 6) is 0.849. The molecular weight excluding hydrogens is 198 g/mol. The van der Waals surface area contributed by atoms with Gasteiger partial charge in [0.1, 0.15) is 5.82 Å². The van der Waals surface area contributed by atoms with Gasteiger partial charge in [0.25, 0.3) is 0 Å². The summed E-state index contributed by atoms with van der Waals surface area (Å²) in [5.41, 5.74) is 8.98. The van der Waals surface area contributed by atoms with Gasteiger partial charge in [-0.15, -0.1) is 0 Å². The van der Waals surface area contributed by atoms with Crippen molar-refractivity contribution >= 4 is 5.82 Å². The highest BCUT2D eigenvalue weighted by Crippen LogP contribution is 2.22. The maximum Gasteiger partial charge on any atom is 0.130 e. The molecule has 0 aliphatic heterocycles. The monoisotopic (exact) mass is 213 g/mol. The van der Waals surface area contributed by atoms with Crippen LogP contribution in [0.3, 0.4) is 0 Å². The molecule has 0 radical (unpaired) electrons. The standard InChI is InChI=1S/C13H15N3/c1-15-13-11(8-14)7-12(9-16-13)10-5-3-2-4-6-10/h2-7,9H,8,14H2,1H3,(H,15,16). The van der Waals surface area contributed by atoms with Crippen molar-refractivity contribution in [2.24, 2.45) is 5.73 Å². The largest absolute Gasteiger partial charge is 0.373 e. The van der Waals surface area contributed by atoms with E-state index >= 15 is 0 Å². The van der Waals surface area contributed by atoms with E-state index in [1.165, 1.54) is 0 Å². The molecule has 1 aromatic carbocycles. The Kier molecular flexibility index (Phi) is 3.17. The van der Waals surface area contributed by atoms with Crippen LogP contribution in [0, 0.1) is 0 Å². The normalized spacial score (nSPS) is 10.1. The number of nitrogens with two attached hydrogens (primary N) is 1. The Balaban J connectivity index is 2.44. The van der Waals surface area contributed by atoms with E-state index in [-0.39, 0.29) is 0 Å². The molecule has 0 aliphatic carbocycles. The molecule has 1 aromatic heterocycles.